The first kappa shape index (κ1) is 18.3. The smallest absolute Gasteiger partial charge is 0.245 e. The number of rotatable bonds is 4. The van der Waals surface area contributed by atoms with Gasteiger partial charge in [0.05, 0.1) is 14.2 Å². The van der Waals surface area contributed by atoms with Crippen LogP contribution in [0.15, 0.2) is 24.8 Å². The molecular weight excluding hydrogens is 332 g/mol. The third kappa shape index (κ3) is 3.41. The van der Waals surface area contributed by atoms with Crippen LogP contribution in [-0.2, 0) is 22.6 Å². The monoisotopic (exact) mass is 358 g/mol. The van der Waals surface area contributed by atoms with E-state index in [1.165, 1.54) is 6.08 Å². The van der Waals surface area contributed by atoms with Crippen LogP contribution in [0.3, 0.4) is 0 Å². The number of ether oxygens (including phenoxy) is 2. The molecule has 0 N–H and O–H groups in total. The summed E-state index contributed by atoms with van der Waals surface area (Å²) >= 11 is 0. The molecule has 0 unspecified atom stereocenters. The zero-order chi connectivity index (χ0) is 18.7. The Balaban J connectivity index is 1.67. The summed E-state index contributed by atoms with van der Waals surface area (Å²) in [4.78, 5) is 28.3. The largest absolute Gasteiger partial charge is 0.493 e. The summed E-state index contributed by atoms with van der Waals surface area (Å²) in [5.41, 5.74) is 2.24. The van der Waals surface area contributed by atoms with E-state index >= 15 is 0 Å². The number of carbonyl (C=O) groups is 2. The minimum Gasteiger partial charge on any atom is -0.493 e. The van der Waals surface area contributed by atoms with Crippen LogP contribution in [0.4, 0.5) is 0 Å². The van der Waals surface area contributed by atoms with Crippen molar-refractivity contribution in [1.82, 2.24) is 9.80 Å². The van der Waals surface area contributed by atoms with Crippen molar-refractivity contribution >= 4 is 11.8 Å². The number of methoxy groups -OCH3 is 2. The molecule has 2 heterocycles. The van der Waals surface area contributed by atoms with E-state index in [0.29, 0.717) is 39.0 Å². The molecule has 1 saturated heterocycles. The zero-order valence-electron chi connectivity index (χ0n) is 15.5. The van der Waals surface area contributed by atoms with Gasteiger partial charge in [0.2, 0.25) is 11.8 Å². The topological polar surface area (TPSA) is 59.1 Å². The van der Waals surface area contributed by atoms with Crippen molar-refractivity contribution < 1.29 is 19.1 Å². The van der Waals surface area contributed by atoms with Gasteiger partial charge in [-0.15, -0.1) is 0 Å². The van der Waals surface area contributed by atoms with E-state index in [-0.39, 0.29) is 17.7 Å². The van der Waals surface area contributed by atoms with E-state index in [2.05, 4.69) is 6.58 Å². The zero-order valence-corrected chi connectivity index (χ0v) is 15.5. The van der Waals surface area contributed by atoms with Crippen LogP contribution in [0.2, 0.25) is 0 Å². The number of nitrogens with zero attached hydrogens (tertiary/aromatic N) is 2. The molecule has 2 aliphatic heterocycles. The summed E-state index contributed by atoms with van der Waals surface area (Å²) in [6, 6.07) is 3.91. The lowest BCUT2D eigenvalue weighted by Crippen LogP contribution is -2.45. The predicted molar refractivity (Wildman–Crippen MR) is 98.2 cm³/mol. The molecule has 0 spiro atoms. The molecule has 26 heavy (non-hydrogen) atoms. The fraction of sp³-hybridized carbons (Fsp3) is 0.500. The SMILES string of the molecule is C=CC(=O)N1CCC(C(=O)N2CCc3c(ccc(OC)c3OC)C2)CC1. The highest BCUT2D eigenvalue weighted by Crippen LogP contribution is 2.36. The van der Waals surface area contributed by atoms with E-state index in [1.807, 2.05) is 17.0 Å². The van der Waals surface area contributed by atoms with Gasteiger partial charge in [0.15, 0.2) is 11.5 Å². The maximum absolute atomic E-state index is 12.9. The van der Waals surface area contributed by atoms with Crippen LogP contribution in [0.25, 0.3) is 0 Å². The molecule has 0 saturated carbocycles. The van der Waals surface area contributed by atoms with Crippen LogP contribution in [-0.4, -0.2) is 55.5 Å². The Morgan fingerprint density at radius 2 is 1.85 bits per heavy atom. The van der Waals surface area contributed by atoms with Gasteiger partial charge in [-0.05, 0) is 37.0 Å². The highest BCUT2D eigenvalue weighted by Gasteiger charge is 2.32. The van der Waals surface area contributed by atoms with Crippen molar-refractivity contribution in [2.45, 2.75) is 25.8 Å². The van der Waals surface area contributed by atoms with Gasteiger partial charge in [-0.1, -0.05) is 12.6 Å². The Morgan fingerprint density at radius 1 is 1.12 bits per heavy atom. The highest BCUT2D eigenvalue weighted by atomic mass is 16.5. The first-order valence-electron chi connectivity index (χ1n) is 9.02. The minimum atomic E-state index is -0.0520. The van der Waals surface area contributed by atoms with Crippen molar-refractivity contribution in [3.8, 4) is 11.5 Å². The molecule has 1 aromatic carbocycles. The predicted octanol–water partition coefficient (Wildman–Crippen LogP) is 2.01. The average molecular weight is 358 g/mol. The fourth-order valence-corrected chi connectivity index (χ4v) is 3.91. The van der Waals surface area contributed by atoms with Crippen LogP contribution >= 0.6 is 0 Å². The number of benzene rings is 1. The summed E-state index contributed by atoms with van der Waals surface area (Å²) < 4.78 is 10.9. The van der Waals surface area contributed by atoms with Gasteiger partial charge in [-0.25, -0.2) is 0 Å². The lowest BCUT2D eigenvalue weighted by molar-refractivity contribution is -0.140. The Bertz CT molecular complexity index is 708. The second-order valence-corrected chi connectivity index (χ2v) is 6.75. The third-order valence-electron chi connectivity index (χ3n) is 5.38. The summed E-state index contributed by atoms with van der Waals surface area (Å²) in [7, 11) is 3.28. The van der Waals surface area contributed by atoms with Crippen molar-refractivity contribution in [3.63, 3.8) is 0 Å². The quantitative estimate of drug-likeness (QED) is 0.773. The van der Waals surface area contributed by atoms with E-state index in [0.717, 1.165) is 29.0 Å². The number of fused-ring (bicyclic) bond motifs is 1. The maximum atomic E-state index is 12.9. The van der Waals surface area contributed by atoms with E-state index in [4.69, 9.17) is 9.47 Å². The van der Waals surface area contributed by atoms with Crippen molar-refractivity contribution in [3.05, 3.63) is 35.9 Å². The van der Waals surface area contributed by atoms with E-state index in [1.54, 1.807) is 19.1 Å². The summed E-state index contributed by atoms with van der Waals surface area (Å²) in [5.74, 6) is 1.63. The summed E-state index contributed by atoms with van der Waals surface area (Å²) in [6.45, 7) is 6.05. The third-order valence-corrected chi connectivity index (χ3v) is 5.38. The Hall–Kier alpha value is -2.50. The van der Waals surface area contributed by atoms with Gasteiger partial charge < -0.3 is 19.3 Å². The second-order valence-electron chi connectivity index (χ2n) is 6.75. The van der Waals surface area contributed by atoms with E-state index < -0.39 is 0 Å². The molecule has 1 fully saturated rings. The molecule has 1 aromatic rings. The van der Waals surface area contributed by atoms with Crippen LogP contribution in [0, 0.1) is 5.92 Å². The molecule has 2 amide bonds. The Morgan fingerprint density at radius 3 is 2.46 bits per heavy atom. The lowest BCUT2D eigenvalue weighted by atomic mass is 9.92. The van der Waals surface area contributed by atoms with Crippen molar-refractivity contribution in [2.75, 3.05) is 33.9 Å². The Labute approximate surface area is 154 Å². The molecule has 0 aromatic heterocycles. The van der Waals surface area contributed by atoms with Crippen molar-refractivity contribution in [2.24, 2.45) is 5.92 Å². The number of carbonyl (C=O) groups excluding carboxylic acids is 2. The lowest BCUT2D eigenvalue weighted by Gasteiger charge is -2.36. The molecule has 6 heteroatoms. The second kappa shape index (κ2) is 7.81. The van der Waals surface area contributed by atoms with E-state index in [9.17, 15) is 9.59 Å². The maximum Gasteiger partial charge on any atom is 0.245 e. The highest BCUT2D eigenvalue weighted by molar-refractivity contribution is 5.87. The standard InChI is InChI=1S/C20H26N2O4/c1-4-18(23)21-10-7-14(8-11-21)20(24)22-12-9-16-15(13-22)5-6-17(25-2)19(16)26-3/h4-6,14H,1,7-13H2,2-3H3. The molecule has 140 valence electrons. The minimum absolute atomic E-state index is 0.00874. The first-order valence-corrected chi connectivity index (χ1v) is 9.02. The Kier molecular flexibility index (Phi) is 5.49. The number of likely N-dealkylation sites (tertiary alicyclic amines) is 1. The first-order chi connectivity index (χ1) is 12.6. The summed E-state index contributed by atoms with van der Waals surface area (Å²) in [6.07, 6.45) is 3.53. The van der Waals surface area contributed by atoms with Crippen LogP contribution in [0.5, 0.6) is 11.5 Å². The number of piperidine rings is 1. The molecule has 0 radical (unpaired) electrons. The van der Waals surface area contributed by atoms with Gasteiger partial charge in [0, 0.05) is 37.7 Å². The van der Waals surface area contributed by atoms with Gasteiger partial charge >= 0.3 is 0 Å². The molecule has 3 rings (SSSR count). The molecule has 6 nitrogen and oxygen atoms in total. The average Bonchev–Trinajstić information content (AvgIpc) is 2.71. The summed E-state index contributed by atoms with van der Waals surface area (Å²) in [5, 5.41) is 0. The number of hydrogen-bond donors (Lipinski definition) is 0. The molecule has 0 aliphatic carbocycles. The molecule has 0 atom stereocenters. The molecule has 2 aliphatic rings. The molecular formula is C20H26N2O4. The van der Waals surface area contributed by atoms with Crippen molar-refractivity contribution in [1.29, 1.82) is 0 Å². The number of hydrogen-bond acceptors (Lipinski definition) is 4. The normalized spacial score (nSPS) is 17.5. The van der Waals surface area contributed by atoms with Gasteiger partial charge in [0.1, 0.15) is 0 Å². The van der Waals surface area contributed by atoms with Gasteiger partial charge in [0.25, 0.3) is 0 Å². The van der Waals surface area contributed by atoms with Gasteiger partial charge in [-0.2, -0.15) is 0 Å². The number of amides is 2. The fourth-order valence-electron chi connectivity index (χ4n) is 3.91. The van der Waals surface area contributed by atoms with Crippen LogP contribution < -0.4 is 9.47 Å². The van der Waals surface area contributed by atoms with Crippen LogP contribution in [0.1, 0.15) is 24.0 Å². The van der Waals surface area contributed by atoms with Gasteiger partial charge in [-0.3, -0.25) is 9.59 Å². The molecule has 0 bridgehead atoms.